The lowest BCUT2D eigenvalue weighted by molar-refractivity contribution is -0.117. The zero-order chi connectivity index (χ0) is 17.8. The number of para-hydroxylation sites is 1. The summed E-state index contributed by atoms with van der Waals surface area (Å²) in [6.45, 7) is 0.363. The number of nitrogens with zero attached hydrogens (tertiary/aromatic N) is 1. The van der Waals surface area contributed by atoms with Crippen LogP contribution in [0.4, 0.5) is 20.6 Å². The van der Waals surface area contributed by atoms with E-state index in [0.29, 0.717) is 12.2 Å². The number of hydrogen-bond acceptors (Lipinski definition) is 3. The molecule has 3 rings (SSSR count). The van der Waals surface area contributed by atoms with Crippen molar-refractivity contribution in [2.75, 3.05) is 23.0 Å². The molecular formula is C18H18FN3O2S. The summed E-state index contributed by atoms with van der Waals surface area (Å²) in [5.41, 5.74) is 1.36. The Morgan fingerprint density at radius 1 is 1.20 bits per heavy atom. The van der Waals surface area contributed by atoms with Crippen molar-refractivity contribution in [1.82, 2.24) is 5.32 Å². The summed E-state index contributed by atoms with van der Waals surface area (Å²) in [7, 11) is 0. The van der Waals surface area contributed by atoms with E-state index in [1.807, 2.05) is 30.5 Å². The molecule has 1 unspecified atom stereocenters. The van der Waals surface area contributed by atoms with Crippen LogP contribution in [-0.4, -0.2) is 30.8 Å². The number of amides is 3. The lowest BCUT2D eigenvalue weighted by atomic mass is 10.2. The van der Waals surface area contributed by atoms with Gasteiger partial charge < -0.3 is 15.5 Å². The molecule has 1 fully saturated rings. The van der Waals surface area contributed by atoms with Crippen molar-refractivity contribution in [1.29, 1.82) is 0 Å². The number of carbonyl (C=O) groups excluding carboxylic acids is 2. The number of rotatable bonds is 4. The van der Waals surface area contributed by atoms with Crippen LogP contribution in [0.2, 0.25) is 0 Å². The topological polar surface area (TPSA) is 61.4 Å². The van der Waals surface area contributed by atoms with Crippen LogP contribution in [-0.2, 0) is 4.79 Å². The van der Waals surface area contributed by atoms with Gasteiger partial charge in [0.1, 0.15) is 5.82 Å². The minimum atomic E-state index is -0.350. The SMILES string of the molecule is CSc1ccccc1NC(=O)NC1CC(=O)N(c2ccc(F)cc2)C1. The fraction of sp³-hybridized carbons (Fsp3) is 0.222. The third kappa shape index (κ3) is 4.11. The molecule has 130 valence electrons. The number of nitrogens with one attached hydrogen (secondary N) is 2. The molecule has 5 nitrogen and oxygen atoms in total. The van der Waals surface area contributed by atoms with Crippen LogP contribution in [0.15, 0.2) is 53.4 Å². The predicted octanol–water partition coefficient (Wildman–Crippen LogP) is 3.47. The molecule has 0 saturated carbocycles. The molecule has 0 spiro atoms. The molecular weight excluding hydrogens is 341 g/mol. The first-order valence-electron chi connectivity index (χ1n) is 7.83. The van der Waals surface area contributed by atoms with Gasteiger partial charge >= 0.3 is 6.03 Å². The Hall–Kier alpha value is -2.54. The summed E-state index contributed by atoms with van der Waals surface area (Å²) in [4.78, 5) is 26.9. The normalized spacial score (nSPS) is 16.8. The van der Waals surface area contributed by atoms with Crippen molar-refractivity contribution in [3.8, 4) is 0 Å². The van der Waals surface area contributed by atoms with Crippen LogP contribution in [0.3, 0.4) is 0 Å². The van der Waals surface area contributed by atoms with E-state index >= 15 is 0 Å². The largest absolute Gasteiger partial charge is 0.333 e. The highest BCUT2D eigenvalue weighted by Gasteiger charge is 2.31. The lowest BCUT2D eigenvalue weighted by Crippen LogP contribution is -2.39. The summed E-state index contributed by atoms with van der Waals surface area (Å²) in [6, 6.07) is 12.6. The van der Waals surface area contributed by atoms with Crippen LogP contribution in [0.25, 0.3) is 0 Å². The number of urea groups is 1. The third-order valence-corrected chi connectivity index (χ3v) is 4.75. The van der Waals surface area contributed by atoms with Crippen LogP contribution in [0, 0.1) is 5.82 Å². The van der Waals surface area contributed by atoms with Crippen molar-refractivity contribution >= 4 is 35.1 Å². The number of halogens is 1. The Kier molecular flexibility index (Phi) is 5.23. The molecule has 1 aliphatic heterocycles. The van der Waals surface area contributed by atoms with Crippen molar-refractivity contribution in [2.24, 2.45) is 0 Å². The van der Waals surface area contributed by atoms with Gasteiger partial charge in [-0.2, -0.15) is 0 Å². The van der Waals surface area contributed by atoms with E-state index < -0.39 is 0 Å². The van der Waals surface area contributed by atoms with E-state index in [0.717, 1.165) is 10.6 Å². The van der Waals surface area contributed by atoms with E-state index in [2.05, 4.69) is 10.6 Å². The van der Waals surface area contributed by atoms with Crippen LogP contribution in [0.5, 0.6) is 0 Å². The first kappa shape index (κ1) is 17.3. The molecule has 25 heavy (non-hydrogen) atoms. The number of benzene rings is 2. The second-order valence-electron chi connectivity index (χ2n) is 5.68. The van der Waals surface area contributed by atoms with Gasteiger partial charge in [-0.1, -0.05) is 12.1 Å². The number of thioether (sulfide) groups is 1. The Labute approximate surface area is 149 Å². The summed E-state index contributed by atoms with van der Waals surface area (Å²) in [5.74, 6) is -0.446. The second kappa shape index (κ2) is 7.57. The quantitative estimate of drug-likeness (QED) is 0.822. The van der Waals surface area contributed by atoms with Crippen molar-refractivity contribution in [3.05, 3.63) is 54.3 Å². The molecule has 2 aromatic rings. The average molecular weight is 359 g/mol. The zero-order valence-electron chi connectivity index (χ0n) is 13.7. The molecule has 0 aromatic heterocycles. The van der Waals surface area contributed by atoms with E-state index in [9.17, 15) is 14.0 Å². The van der Waals surface area contributed by atoms with E-state index in [-0.39, 0.29) is 30.2 Å². The standard InChI is InChI=1S/C18H18FN3O2S/c1-25-16-5-3-2-4-15(16)21-18(24)20-13-10-17(23)22(11-13)14-8-6-12(19)7-9-14/h2-9,13H,10-11H2,1H3,(H2,20,21,24). The van der Waals surface area contributed by atoms with E-state index in [4.69, 9.17) is 0 Å². The van der Waals surface area contributed by atoms with Gasteiger partial charge in [0.2, 0.25) is 5.91 Å². The van der Waals surface area contributed by atoms with E-state index in [1.165, 1.54) is 12.1 Å². The second-order valence-corrected chi connectivity index (χ2v) is 6.53. The van der Waals surface area contributed by atoms with Crippen LogP contribution in [0.1, 0.15) is 6.42 Å². The minimum absolute atomic E-state index is 0.0959. The highest BCUT2D eigenvalue weighted by atomic mass is 32.2. The zero-order valence-corrected chi connectivity index (χ0v) is 14.5. The molecule has 1 saturated heterocycles. The Bertz CT molecular complexity index is 782. The summed E-state index contributed by atoms with van der Waals surface area (Å²) >= 11 is 1.54. The molecule has 0 radical (unpaired) electrons. The van der Waals surface area contributed by atoms with Gasteiger partial charge in [-0.25, -0.2) is 9.18 Å². The summed E-state index contributed by atoms with van der Waals surface area (Å²) < 4.78 is 13.0. The van der Waals surface area contributed by atoms with Crippen molar-refractivity contribution in [2.45, 2.75) is 17.4 Å². The molecule has 1 heterocycles. The fourth-order valence-corrected chi connectivity index (χ4v) is 3.32. The maximum Gasteiger partial charge on any atom is 0.319 e. The van der Waals surface area contributed by atoms with Gasteiger partial charge in [-0.3, -0.25) is 4.79 Å². The van der Waals surface area contributed by atoms with Crippen LogP contribution < -0.4 is 15.5 Å². The van der Waals surface area contributed by atoms with Crippen LogP contribution >= 0.6 is 11.8 Å². The number of anilines is 2. The highest BCUT2D eigenvalue weighted by Crippen LogP contribution is 2.25. The Morgan fingerprint density at radius 2 is 1.92 bits per heavy atom. The monoisotopic (exact) mass is 359 g/mol. The maximum atomic E-state index is 13.0. The molecule has 0 aliphatic carbocycles. The highest BCUT2D eigenvalue weighted by molar-refractivity contribution is 7.98. The molecule has 2 aromatic carbocycles. The third-order valence-electron chi connectivity index (χ3n) is 3.95. The van der Waals surface area contributed by atoms with Gasteiger partial charge in [0.15, 0.2) is 0 Å². The van der Waals surface area contributed by atoms with Crippen molar-refractivity contribution in [3.63, 3.8) is 0 Å². The minimum Gasteiger partial charge on any atom is -0.333 e. The van der Waals surface area contributed by atoms with E-state index in [1.54, 1.807) is 28.8 Å². The fourth-order valence-electron chi connectivity index (χ4n) is 2.77. The predicted molar refractivity (Wildman–Crippen MR) is 97.5 cm³/mol. The van der Waals surface area contributed by atoms with Gasteiger partial charge in [0.25, 0.3) is 0 Å². The van der Waals surface area contributed by atoms with Gasteiger partial charge in [-0.15, -0.1) is 11.8 Å². The van der Waals surface area contributed by atoms with Gasteiger partial charge in [0.05, 0.1) is 11.7 Å². The molecule has 1 atom stereocenters. The molecule has 3 amide bonds. The Balaban J connectivity index is 1.61. The molecule has 7 heteroatoms. The molecule has 0 bridgehead atoms. The molecule has 2 N–H and O–H groups in total. The first-order chi connectivity index (χ1) is 12.1. The maximum absolute atomic E-state index is 13.0. The average Bonchev–Trinajstić information content (AvgIpc) is 2.96. The van der Waals surface area contributed by atoms with Gasteiger partial charge in [0, 0.05) is 23.5 Å². The summed E-state index contributed by atoms with van der Waals surface area (Å²) in [5, 5.41) is 5.64. The number of hydrogen-bond donors (Lipinski definition) is 2. The smallest absolute Gasteiger partial charge is 0.319 e. The summed E-state index contributed by atoms with van der Waals surface area (Å²) in [6.07, 6.45) is 2.16. The first-order valence-corrected chi connectivity index (χ1v) is 9.06. The lowest BCUT2D eigenvalue weighted by Gasteiger charge is -2.17. The Morgan fingerprint density at radius 3 is 2.64 bits per heavy atom. The van der Waals surface area contributed by atoms with Crippen molar-refractivity contribution < 1.29 is 14.0 Å². The van der Waals surface area contributed by atoms with Gasteiger partial charge in [-0.05, 0) is 42.7 Å². The molecule has 1 aliphatic rings. The number of carbonyl (C=O) groups is 2.